The van der Waals surface area contributed by atoms with Crippen LogP contribution in [0.1, 0.15) is 34.5 Å². The van der Waals surface area contributed by atoms with Crippen LogP contribution >= 0.6 is 11.3 Å². The summed E-state index contributed by atoms with van der Waals surface area (Å²) in [5, 5.41) is 3.81. The van der Waals surface area contributed by atoms with E-state index < -0.39 is 0 Å². The number of rotatable bonds is 3. The van der Waals surface area contributed by atoms with Crippen LogP contribution < -0.4 is 10.2 Å². The van der Waals surface area contributed by atoms with Crippen molar-refractivity contribution in [3.63, 3.8) is 0 Å². The molecule has 1 unspecified atom stereocenters. The van der Waals surface area contributed by atoms with E-state index in [-0.39, 0.29) is 5.91 Å². The molecule has 4 nitrogen and oxygen atoms in total. The van der Waals surface area contributed by atoms with Crippen LogP contribution in [0.15, 0.2) is 24.3 Å². The van der Waals surface area contributed by atoms with Crippen LogP contribution in [-0.4, -0.2) is 24.0 Å². The monoisotopic (exact) mass is 328 g/mol. The highest BCUT2D eigenvalue weighted by Gasteiger charge is 2.22. The molecule has 1 aliphatic heterocycles. The van der Waals surface area contributed by atoms with E-state index in [2.05, 4.69) is 34.6 Å². The van der Waals surface area contributed by atoms with Crippen molar-refractivity contribution in [1.82, 2.24) is 4.98 Å². The molecule has 1 aromatic carbocycles. The maximum absolute atomic E-state index is 12.3. The SMILES string of the molecule is O=C(C[NH+]1CCc2ccccc2C1)Nc1nc2c(s1)CCCC2. The first-order chi connectivity index (χ1) is 11.3. The molecule has 1 aromatic heterocycles. The lowest BCUT2D eigenvalue weighted by molar-refractivity contribution is -0.907. The molecule has 2 aromatic rings. The minimum absolute atomic E-state index is 0.0884. The number of fused-ring (bicyclic) bond motifs is 2. The number of amides is 1. The normalized spacial score (nSPS) is 19.7. The van der Waals surface area contributed by atoms with E-state index in [0.717, 1.165) is 37.5 Å². The Morgan fingerprint density at radius 2 is 2.00 bits per heavy atom. The third-order valence-corrected chi connectivity index (χ3v) is 5.88. The van der Waals surface area contributed by atoms with E-state index in [1.807, 2.05) is 0 Å². The molecule has 1 atom stereocenters. The minimum atomic E-state index is 0.0884. The Hall–Kier alpha value is -1.72. The Kier molecular flexibility index (Phi) is 4.14. The van der Waals surface area contributed by atoms with Crippen molar-refractivity contribution in [2.24, 2.45) is 0 Å². The third kappa shape index (κ3) is 3.31. The Morgan fingerprint density at radius 1 is 1.17 bits per heavy atom. The summed E-state index contributed by atoms with van der Waals surface area (Å²) in [7, 11) is 0. The van der Waals surface area contributed by atoms with E-state index in [1.54, 1.807) is 11.3 Å². The van der Waals surface area contributed by atoms with Gasteiger partial charge >= 0.3 is 0 Å². The molecule has 0 saturated heterocycles. The number of nitrogens with zero attached hydrogens (tertiary/aromatic N) is 1. The number of hydrogen-bond donors (Lipinski definition) is 2. The highest BCUT2D eigenvalue weighted by atomic mass is 32.1. The topological polar surface area (TPSA) is 46.4 Å². The lowest BCUT2D eigenvalue weighted by atomic mass is 10.00. The average molecular weight is 328 g/mol. The van der Waals surface area contributed by atoms with Crippen LogP contribution in [0.4, 0.5) is 5.13 Å². The zero-order valence-electron chi connectivity index (χ0n) is 13.2. The second-order valence-corrected chi connectivity index (χ2v) is 7.60. The molecule has 0 radical (unpaired) electrons. The number of hydrogen-bond acceptors (Lipinski definition) is 3. The van der Waals surface area contributed by atoms with Gasteiger partial charge in [-0.05, 0) is 31.2 Å². The molecule has 0 bridgehead atoms. The number of quaternary nitrogens is 1. The van der Waals surface area contributed by atoms with Crippen LogP contribution in [0.3, 0.4) is 0 Å². The molecule has 0 saturated carbocycles. The lowest BCUT2D eigenvalue weighted by Crippen LogP contribution is -3.12. The number of aromatic nitrogens is 1. The first-order valence-electron chi connectivity index (χ1n) is 8.47. The van der Waals surface area contributed by atoms with Crippen LogP contribution in [0.5, 0.6) is 0 Å². The predicted octanol–water partition coefficient (Wildman–Crippen LogP) is 1.60. The van der Waals surface area contributed by atoms with Gasteiger partial charge in [-0.2, -0.15) is 0 Å². The fourth-order valence-corrected chi connectivity index (χ4v) is 4.66. The smallest absolute Gasteiger partial charge is 0.281 e. The number of aryl methyl sites for hydroxylation is 2. The molecule has 5 heteroatoms. The fourth-order valence-electron chi connectivity index (χ4n) is 3.59. The number of thiazole rings is 1. The molecule has 2 N–H and O–H groups in total. The summed E-state index contributed by atoms with van der Waals surface area (Å²) in [6.07, 6.45) is 5.72. The number of benzene rings is 1. The highest BCUT2D eigenvalue weighted by Crippen LogP contribution is 2.29. The summed E-state index contributed by atoms with van der Waals surface area (Å²) in [5.41, 5.74) is 4.02. The second kappa shape index (κ2) is 6.42. The molecule has 0 spiro atoms. The van der Waals surface area contributed by atoms with Gasteiger partial charge in [0, 0.05) is 16.9 Å². The van der Waals surface area contributed by atoms with Gasteiger partial charge in [0.15, 0.2) is 11.7 Å². The fraction of sp³-hybridized carbons (Fsp3) is 0.444. The minimum Gasteiger partial charge on any atom is -0.323 e. The van der Waals surface area contributed by atoms with E-state index in [0.29, 0.717) is 6.54 Å². The van der Waals surface area contributed by atoms with Gasteiger partial charge in [0.2, 0.25) is 0 Å². The van der Waals surface area contributed by atoms with Crippen molar-refractivity contribution in [3.8, 4) is 0 Å². The average Bonchev–Trinajstić information content (AvgIpc) is 2.96. The molecule has 23 heavy (non-hydrogen) atoms. The van der Waals surface area contributed by atoms with Gasteiger partial charge in [-0.3, -0.25) is 10.1 Å². The summed E-state index contributed by atoms with van der Waals surface area (Å²) in [6, 6.07) is 8.57. The van der Waals surface area contributed by atoms with E-state index >= 15 is 0 Å². The van der Waals surface area contributed by atoms with Gasteiger partial charge in [0.1, 0.15) is 6.54 Å². The maximum Gasteiger partial charge on any atom is 0.281 e. The van der Waals surface area contributed by atoms with Gasteiger partial charge in [-0.15, -0.1) is 11.3 Å². The van der Waals surface area contributed by atoms with Crippen molar-refractivity contribution in [1.29, 1.82) is 0 Å². The van der Waals surface area contributed by atoms with Crippen LogP contribution in [0, 0.1) is 0 Å². The number of anilines is 1. The quantitative estimate of drug-likeness (QED) is 0.899. The second-order valence-electron chi connectivity index (χ2n) is 6.52. The Balaban J connectivity index is 1.36. The van der Waals surface area contributed by atoms with Gasteiger partial charge in [-0.1, -0.05) is 24.3 Å². The molecular formula is C18H22N3OS+. The van der Waals surface area contributed by atoms with Gasteiger partial charge in [0.25, 0.3) is 5.91 Å². The Bertz CT molecular complexity index is 701. The Labute approximate surface area is 140 Å². The van der Waals surface area contributed by atoms with E-state index in [4.69, 9.17) is 0 Å². The zero-order valence-corrected chi connectivity index (χ0v) is 14.0. The third-order valence-electron chi connectivity index (χ3n) is 4.81. The number of carbonyl (C=O) groups is 1. The molecule has 1 aliphatic carbocycles. The first-order valence-corrected chi connectivity index (χ1v) is 9.28. The molecule has 0 fully saturated rings. The van der Waals surface area contributed by atoms with Crippen LogP contribution in [-0.2, 0) is 30.6 Å². The number of carbonyl (C=O) groups excluding carboxylic acids is 1. The highest BCUT2D eigenvalue weighted by molar-refractivity contribution is 7.15. The summed E-state index contributed by atoms with van der Waals surface area (Å²) in [6.45, 7) is 2.50. The Morgan fingerprint density at radius 3 is 2.87 bits per heavy atom. The molecule has 2 aliphatic rings. The van der Waals surface area contributed by atoms with Crippen molar-refractivity contribution in [2.45, 2.75) is 38.6 Å². The maximum atomic E-state index is 12.3. The molecule has 120 valence electrons. The molecular weight excluding hydrogens is 306 g/mol. The summed E-state index contributed by atoms with van der Waals surface area (Å²) in [5.74, 6) is 0.0884. The lowest BCUT2D eigenvalue weighted by Gasteiger charge is -2.25. The molecule has 1 amide bonds. The first kappa shape index (κ1) is 14.8. The van der Waals surface area contributed by atoms with E-state index in [1.165, 1.54) is 39.4 Å². The van der Waals surface area contributed by atoms with Crippen molar-refractivity contribution >= 4 is 22.4 Å². The van der Waals surface area contributed by atoms with Crippen molar-refractivity contribution in [3.05, 3.63) is 46.0 Å². The number of nitrogens with one attached hydrogen (secondary N) is 2. The van der Waals surface area contributed by atoms with Gasteiger partial charge < -0.3 is 4.90 Å². The molecule has 4 rings (SSSR count). The van der Waals surface area contributed by atoms with Gasteiger partial charge in [-0.25, -0.2) is 4.98 Å². The standard InChI is InChI=1S/C18H21N3OS/c22-17(20-18-19-15-7-3-4-8-16(15)23-18)12-21-10-9-13-5-1-2-6-14(13)11-21/h1-2,5-6H,3-4,7-12H2,(H,19,20,22)/p+1. The van der Waals surface area contributed by atoms with Crippen LogP contribution in [0.2, 0.25) is 0 Å². The summed E-state index contributed by atoms with van der Waals surface area (Å²) in [4.78, 5) is 19.6. The zero-order chi connectivity index (χ0) is 15.6. The largest absolute Gasteiger partial charge is 0.323 e. The van der Waals surface area contributed by atoms with Crippen molar-refractivity contribution in [2.75, 3.05) is 18.4 Å². The van der Waals surface area contributed by atoms with Gasteiger partial charge in [0.05, 0.1) is 12.2 Å². The van der Waals surface area contributed by atoms with E-state index in [9.17, 15) is 4.79 Å². The van der Waals surface area contributed by atoms with Crippen molar-refractivity contribution < 1.29 is 9.69 Å². The molecule has 2 heterocycles. The summed E-state index contributed by atoms with van der Waals surface area (Å²) < 4.78 is 0. The van der Waals surface area contributed by atoms with Crippen LogP contribution in [0.25, 0.3) is 0 Å². The summed E-state index contributed by atoms with van der Waals surface area (Å²) >= 11 is 1.66. The predicted molar refractivity (Wildman–Crippen MR) is 91.9 cm³/mol.